The molecule has 0 N–H and O–H groups in total. The number of halogens is 1. The molecule has 0 aliphatic heterocycles. The molecule has 0 heterocycles. The van der Waals surface area contributed by atoms with Gasteiger partial charge in [-0.05, 0) is 79.6 Å². The quantitative estimate of drug-likeness (QED) is 0.388. The molecule has 0 bridgehead atoms. The van der Waals surface area contributed by atoms with Crippen LogP contribution in [0.3, 0.4) is 0 Å². The maximum atomic E-state index is 14.9. The first-order valence-corrected chi connectivity index (χ1v) is 13.9. The van der Waals surface area contributed by atoms with Crippen molar-refractivity contribution >= 4 is 0 Å². The molecule has 174 valence electrons. The van der Waals surface area contributed by atoms with Gasteiger partial charge in [0.2, 0.25) is 0 Å². The van der Waals surface area contributed by atoms with E-state index in [1.165, 1.54) is 89.9 Å². The van der Waals surface area contributed by atoms with Gasteiger partial charge in [-0.25, -0.2) is 4.39 Å². The largest absolute Gasteiger partial charge is 0.242 e. The van der Waals surface area contributed by atoms with Crippen LogP contribution >= 0.6 is 0 Å². The molecule has 0 amide bonds. The molecule has 3 saturated carbocycles. The van der Waals surface area contributed by atoms with E-state index in [0.29, 0.717) is 0 Å². The molecule has 3 aliphatic rings. The second-order valence-corrected chi connectivity index (χ2v) is 11.5. The van der Waals surface area contributed by atoms with Crippen molar-refractivity contribution in [2.45, 2.75) is 116 Å². The fraction of sp³-hybridized carbons (Fsp3) is 0.800. The summed E-state index contributed by atoms with van der Waals surface area (Å²) in [7, 11) is 0. The third-order valence-electron chi connectivity index (χ3n) is 9.55. The summed E-state index contributed by atoms with van der Waals surface area (Å²) < 4.78 is 14.9. The van der Waals surface area contributed by atoms with Crippen LogP contribution in [0.2, 0.25) is 0 Å². The summed E-state index contributed by atoms with van der Waals surface area (Å²) in [5, 5.41) is 0. The van der Waals surface area contributed by atoms with Crippen LogP contribution in [-0.4, -0.2) is 0 Å². The molecule has 4 rings (SSSR count). The Hall–Kier alpha value is -0.850. The normalized spacial score (nSPS) is 35.5. The fourth-order valence-corrected chi connectivity index (χ4v) is 7.45. The Bertz CT molecular complexity index is 601. The van der Waals surface area contributed by atoms with Gasteiger partial charge in [-0.2, -0.15) is 0 Å². The second kappa shape index (κ2) is 11.9. The van der Waals surface area contributed by atoms with Gasteiger partial charge in [0.25, 0.3) is 0 Å². The minimum atomic E-state index is -0.755. The summed E-state index contributed by atoms with van der Waals surface area (Å²) in [5.41, 5.74) is 0.890. The highest BCUT2D eigenvalue weighted by atomic mass is 19.1. The zero-order valence-corrected chi connectivity index (χ0v) is 20.1. The minimum absolute atomic E-state index is 0.251. The van der Waals surface area contributed by atoms with Crippen LogP contribution < -0.4 is 0 Å². The Kier molecular flexibility index (Phi) is 8.91. The molecule has 3 fully saturated rings. The maximum Gasteiger partial charge on any atom is 0.128 e. The van der Waals surface area contributed by atoms with Crippen LogP contribution in [-0.2, 0) is 0 Å². The van der Waals surface area contributed by atoms with Gasteiger partial charge in [0.05, 0.1) is 0 Å². The molecule has 0 radical (unpaired) electrons. The SMILES string of the molecule is CCCC1CCC(C2CCC(CCC3CCC(C(F)c4ccccc4)CC3)CC2)CC1. The summed E-state index contributed by atoms with van der Waals surface area (Å²) in [6, 6.07) is 9.85. The second-order valence-electron chi connectivity index (χ2n) is 11.5. The molecule has 31 heavy (non-hydrogen) atoms. The topological polar surface area (TPSA) is 0 Å². The molecule has 1 heteroatoms. The summed E-state index contributed by atoms with van der Waals surface area (Å²) in [5.74, 6) is 5.26. The molecule has 0 aromatic heterocycles. The van der Waals surface area contributed by atoms with E-state index in [0.717, 1.165) is 48.0 Å². The summed E-state index contributed by atoms with van der Waals surface area (Å²) >= 11 is 0. The third-order valence-corrected chi connectivity index (χ3v) is 9.55. The van der Waals surface area contributed by atoms with Crippen LogP contribution in [0.15, 0.2) is 30.3 Å². The van der Waals surface area contributed by atoms with Gasteiger partial charge in [-0.15, -0.1) is 0 Å². The van der Waals surface area contributed by atoms with Crippen molar-refractivity contribution in [2.24, 2.45) is 35.5 Å². The van der Waals surface area contributed by atoms with Gasteiger partial charge >= 0.3 is 0 Å². The molecule has 1 unspecified atom stereocenters. The fourth-order valence-electron chi connectivity index (χ4n) is 7.45. The van der Waals surface area contributed by atoms with E-state index in [9.17, 15) is 4.39 Å². The molecule has 3 aliphatic carbocycles. The van der Waals surface area contributed by atoms with Gasteiger partial charge in [0.15, 0.2) is 0 Å². The van der Waals surface area contributed by atoms with Crippen molar-refractivity contribution < 1.29 is 4.39 Å². The highest BCUT2D eigenvalue weighted by Gasteiger charge is 2.32. The van der Waals surface area contributed by atoms with Crippen molar-refractivity contribution in [3.63, 3.8) is 0 Å². The van der Waals surface area contributed by atoms with Crippen LogP contribution in [0.4, 0.5) is 4.39 Å². The number of hydrogen-bond acceptors (Lipinski definition) is 0. The van der Waals surface area contributed by atoms with Crippen LogP contribution in [0.25, 0.3) is 0 Å². The molecular formula is C30H47F. The molecular weight excluding hydrogens is 379 g/mol. The first kappa shape index (κ1) is 23.3. The van der Waals surface area contributed by atoms with Crippen LogP contribution in [0.1, 0.15) is 121 Å². The van der Waals surface area contributed by atoms with Gasteiger partial charge in [-0.1, -0.05) is 101 Å². The van der Waals surface area contributed by atoms with Crippen molar-refractivity contribution in [1.29, 1.82) is 0 Å². The average Bonchev–Trinajstić information content (AvgIpc) is 2.84. The Labute approximate surface area is 191 Å². The van der Waals surface area contributed by atoms with Gasteiger partial charge in [0, 0.05) is 0 Å². The first-order valence-electron chi connectivity index (χ1n) is 13.9. The maximum absolute atomic E-state index is 14.9. The van der Waals surface area contributed by atoms with Gasteiger partial charge in [0.1, 0.15) is 6.17 Å². The highest BCUT2D eigenvalue weighted by Crippen LogP contribution is 2.44. The lowest BCUT2D eigenvalue weighted by molar-refractivity contribution is 0.129. The Morgan fingerprint density at radius 3 is 1.58 bits per heavy atom. The molecule has 1 aromatic rings. The molecule has 1 atom stereocenters. The van der Waals surface area contributed by atoms with Gasteiger partial charge < -0.3 is 0 Å². The lowest BCUT2D eigenvalue weighted by Crippen LogP contribution is -2.26. The smallest absolute Gasteiger partial charge is 0.128 e. The summed E-state index contributed by atoms with van der Waals surface area (Å²) in [6.45, 7) is 2.35. The number of benzene rings is 1. The predicted octanol–water partition coefficient (Wildman–Crippen LogP) is 9.70. The lowest BCUT2D eigenvalue weighted by Gasteiger charge is -2.38. The van der Waals surface area contributed by atoms with E-state index >= 15 is 0 Å². The first-order chi connectivity index (χ1) is 15.2. The van der Waals surface area contributed by atoms with Crippen LogP contribution in [0.5, 0.6) is 0 Å². The zero-order chi connectivity index (χ0) is 21.5. The Morgan fingerprint density at radius 2 is 1.10 bits per heavy atom. The van der Waals surface area contributed by atoms with Gasteiger partial charge in [-0.3, -0.25) is 0 Å². The van der Waals surface area contributed by atoms with E-state index in [1.807, 2.05) is 30.3 Å². The Balaban J connectivity index is 1.11. The monoisotopic (exact) mass is 426 g/mol. The van der Waals surface area contributed by atoms with Crippen molar-refractivity contribution in [3.05, 3.63) is 35.9 Å². The standard InChI is InChI=1S/C30H47F/c1-2-6-23-11-17-26(18-12-23)27-19-13-24(14-20-27)9-10-25-15-21-29(22-16-25)30(31)28-7-4-3-5-8-28/h3-5,7-8,23-27,29-30H,2,6,9-22H2,1H3. The third kappa shape index (κ3) is 6.58. The molecule has 0 nitrogen and oxygen atoms in total. The van der Waals surface area contributed by atoms with Crippen molar-refractivity contribution in [3.8, 4) is 0 Å². The zero-order valence-electron chi connectivity index (χ0n) is 20.1. The van der Waals surface area contributed by atoms with E-state index in [-0.39, 0.29) is 5.92 Å². The number of rotatable bonds is 8. The Morgan fingerprint density at radius 1 is 0.645 bits per heavy atom. The number of alkyl halides is 1. The van der Waals surface area contributed by atoms with Crippen molar-refractivity contribution in [1.82, 2.24) is 0 Å². The molecule has 1 aromatic carbocycles. The summed E-state index contributed by atoms with van der Waals surface area (Å²) in [4.78, 5) is 0. The van der Waals surface area contributed by atoms with E-state index in [1.54, 1.807) is 0 Å². The number of hydrogen-bond donors (Lipinski definition) is 0. The minimum Gasteiger partial charge on any atom is -0.242 e. The van der Waals surface area contributed by atoms with Crippen LogP contribution in [0, 0.1) is 35.5 Å². The average molecular weight is 427 g/mol. The van der Waals surface area contributed by atoms with Crippen molar-refractivity contribution in [2.75, 3.05) is 0 Å². The highest BCUT2D eigenvalue weighted by molar-refractivity contribution is 5.18. The predicted molar refractivity (Wildman–Crippen MR) is 131 cm³/mol. The lowest BCUT2D eigenvalue weighted by atomic mass is 9.68. The van der Waals surface area contributed by atoms with E-state index < -0.39 is 6.17 Å². The molecule has 0 saturated heterocycles. The molecule has 0 spiro atoms. The van der Waals surface area contributed by atoms with E-state index in [4.69, 9.17) is 0 Å². The summed E-state index contributed by atoms with van der Waals surface area (Å²) in [6.07, 6.45) is 21.8. The van der Waals surface area contributed by atoms with E-state index in [2.05, 4.69) is 6.92 Å².